The Balaban J connectivity index is 2.54. The predicted octanol–water partition coefficient (Wildman–Crippen LogP) is 2.96. The number of hydrogen-bond donors (Lipinski definition) is 1. The summed E-state index contributed by atoms with van der Waals surface area (Å²) < 4.78 is 6.31. The molecule has 0 aliphatic rings. The summed E-state index contributed by atoms with van der Waals surface area (Å²) in [6, 6.07) is 7.69. The largest absolute Gasteiger partial charge is 0.496 e. The molecule has 0 unspecified atom stereocenters. The van der Waals surface area contributed by atoms with Gasteiger partial charge in [0.1, 0.15) is 17.9 Å². The first-order valence-corrected chi connectivity index (χ1v) is 5.87. The summed E-state index contributed by atoms with van der Waals surface area (Å²) in [7, 11) is 3.47. The lowest BCUT2D eigenvalue weighted by atomic mass is 10.1. The highest BCUT2D eigenvalue weighted by molar-refractivity contribution is 9.10. The summed E-state index contributed by atoms with van der Waals surface area (Å²) in [6.45, 7) is 0. The summed E-state index contributed by atoms with van der Waals surface area (Å²) in [6.07, 6.45) is 1.53. The van der Waals surface area contributed by atoms with Crippen molar-refractivity contribution in [2.45, 2.75) is 0 Å². The maximum Gasteiger partial charge on any atom is 0.129 e. The first-order valence-electron chi connectivity index (χ1n) is 5.08. The molecule has 0 saturated carbocycles. The molecule has 0 atom stereocenters. The van der Waals surface area contributed by atoms with Gasteiger partial charge in [0.05, 0.1) is 12.8 Å². The molecule has 1 aromatic heterocycles. The summed E-state index contributed by atoms with van der Waals surface area (Å²) >= 11 is 3.44. The van der Waals surface area contributed by atoms with Gasteiger partial charge in [-0.2, -0.15) is 0 Å². The number of benzene rings is 1. The van der Waals surface area contributed by atoms with E-state index in [2.05, 4.69) is 31.2 Å². The molecule has 2 rings (SSSR count). The zero-order valence-electron chi connectivity index (χ0n) is 9.57. The Morgan fingerprint density at radius 2 is 2.06 bits per heavy atom. The number of methoxy groups -OCH3 is 1. The van der Waals surface area contributed by atoms with Gasteiger partial charge >= 0.3 is 0 Å². The average molecular weight is 294 g/mol. The number of rotatable bonds is 3. The van der Waals surface area contributed by atoms with Crippen LogP contribution in [0.25, 0.3) is 11.3 Å². The molecule has 0 amide bonds. The predicted molar refractivity (Wildman–Crippen MR) is 71.3 cm³/mol. The molecular weight excluding hydrogens is 282 g/mol. The van der Waals surface area contributed by atoms with E-state index in [1.165, 1.54) is 6.33 Å². The van der Waals surface area contributed by atoms with Crippen LogP contribution in [-0.2, 0) is 0 Å². The summed E-state index contributed by atoms with van der Waals surface area (Å²) in [4.78, 5) is 8.34. The molecule has 17 heavy (non-hydrogen) atoms. The van der Waals surface area contributed by atoms with Gasteiger partial charge in [-0.15, -0.1) is 0 Å². The van der Waals surface area contributed by atoms with Crippen molar-refractivity contribution < 1.29 is 4.74 Å². The maximum absolute atomic E-state index is 5.33. The van der Waals surface area contributed by atoms with Crippen molar-refractivity contribution in [1.29, 1.82) is 0 Å². The summed E-state index contributed by atoms with van der Waals surface area (Å²) in [5.41, 5.74) is 1.75. The highest BCUT2D eigenvalue weighted by atomic mass is 79.9. The van der Waals surface area contributed by atoms with Gasteiger partial charge in [0, 0.05) is 23.2 Å². The molecule has 88 valence electrons. The molecule has 0 bridgehead atoms. The Kier molecular flexibility index (Phi) is 3.58. The molecule has 5 heteroatoms. The van der Waals surface area contributed by atoms with E-state index in [-0.39, 0.29) is 0 Å². The number of nitrogens with zero attached hydrogens (tertiary/aromatic N) is 2. The monoisotopic (exact) mass is 293 g/mol. The van der Waals surface area contributed by atoms with Gasteiger partial charge in [0.25, 0.3) is 0 Å². The molecule has 1 N–H and O–H groups in total. The second-order valence-electron chi connectivity index (χ2n) is 3.38. The number of ether oxygens (including phenoxy) is 1. The second-order valence-corrected chi connectivity index (χ2v) is 4.30. The number of aromatic nitrogens is 2. The third-order valence-electron chi connectivity index (χ3n) is 2.36. The van der Waals surface area contributed by atoms with E-state index in [1.807, 2.05) is 31.3 Å². The van der Waals surface area contributed by atoms with Crippen molar-refractivity contribution in [1.82, 2.24) is 9.97 Å². The van der Waals surface area contributed by atoms with E-state index in [0.29, 0.717) is 0 Å². The standard InChI is InChI=1S/C12H12BrN3O/c1-14-12-6-10(15-7-16-12)9-5-8(13)3-4-11(9)17-2/h3-7H,1-2H3,(H,14,15,16). The van der Waals surface area contributed by atoms with Crippen LogP contribution in [0.4, 0.5) is 5.82 Å². The van der Waals surface area contributed by atoms with E-state index in [0.717, 1.165) is 27.3 Å². The topological polar surface area (TPSA) is 47.0 Å². The minimum atomic E-state index is 0.775. The quantitative estimate of drug-likeness (QED) is 0.945. The van der Waals surface area contributed by atoms with Crippen molar-refractivity contribution in [2.75, 3.05) is 19.5 Å². The van der Waals surface area contributed by atoms with Crippen LogP contribution in [0.2, 0.25) is 0 Å². The summed E-state index contributed by atoms with van der Waals surface area (Å²) in [5, 5.41) is 2.99. The van der Waals surface area contributed by atoms with Crippen LogP contribution >= 0.6 is 15.9 Å². The van der Waals surface area contributed by atoms with Crippen LogP contribution in [0, 0.1) is 0 Å². The van der Waals surface area contributed by atoms with E-state index in [1.54, 1.807) is 7.11 Å². The second kappa shape index (κ2) is 5.14. The average Bonchev–Trinajstić information content (AvgIpc) is 2.39. The molecule has 1 heterocycles. The smallest absolute Gasteiger partial charge is 0.129 e. The van der Waals surface area contributed by atoms with Crippen molar-refractivity contribution in [3.63, 3.8) is 0 Å². The minimum Gasteiger partial charge on any atom is -0.496 e. The normalized spacial score (nSPS) is 10.1. The van der Waals surface area contributed by atoms with Crippen LogP contribution in [0.5, 0.6) is 5.75 Å². The van der Waals surface area contributed by atoms with Gasteiger partial charge in [-0.3, -0.25) is 0 Å². The van der Waals surface area contributed by atoms with Crippen molar-refractivity contribution >= 4 is 21.7 Å². The lowest BCUT2D eigenvalue weighted by Gasteiger charge is -2.09. The molecule has 1 aromatic carbocycles. The molecule has 0 spiro atoms. The highest BCUT2D eigenvalue weighted by Gasteiger charge is 2.08. The minimum absolute atomic E-state index is 0.775. The first-order chi connectivity index (χ1) is 8.24. The van der Waals surface area contributed by atoms with Crippen LogP contribution in [-0.4, -0.2) is 24.1 Å². The van der Waals surface area contributed by atoms with E-state index in [4.69, 9.17) is 4.74 Å². The van der Waals surface area contributed by atoms with E-state index < -0.39 is 0 Å². The Labute approximate surface area is 108 Å². The first kappa shape index (κ1) is 11.9. The van der Waals surface area contributed by atoms with Gasteiger partial charge in [0.2, 0.25) is 0 Å². The zero-order chi connectivity index (χ0) is 12.3. The van der Waals surface area contributed by atoms with E-state index >= 15 is 0 Å². The molecule has 0 aliphatic heterocycles. The van der Waals surface area contributed by atoms with Crippen molar-refractivity contribution in [2.24, 2.45) is 0 Å². The van der Waals surface area contributed by atoms with Gasteiger partial charge < -0.3 is 10.1 Å². The molecule has 0 fully saturated rings. The summed E-state index contributed by atoms with van der Waals surface area (Å²) in [5.74, 6) is 1.56. The third kappa shape index (κ3) is 2.55. The number of hydrogen-bond acceptors (Lipinski definition) is 4. The van der Waals surface area contributed by atoms with Gasteiger partial charge in [-0.1, -0.05) is 15.9 Å². The van der Waals surface area contributed by atoms with Crippen LogP contribution in [0.1, 0.15) is 0 Å². The molecule has 2 aromatic rings. The molecule has 0 aliphatic carbocycles. The van der Waals surface area contributed by atoms with Gasteiger partial charge in [-0.05, 0) is 18.2 Å². The lowest BCUT2D eigenvalue weighted by molar-refractivity contribution is 0.416. The van der Waals surface area contributed by atoms with Crippen LogP contribution in [0.3, 0.4) is 0 Å². The number of anilines is 1. The Morgan fingerprint density at radius 1 is 1.24 bits per heavy atom. The Bertz CT molecular complexity index is 531. The van der Waals surface area contributed by atoms with Crippen LogP contribution in [0.15, 0.2) is 35.1 Å². The van der Waals surface area contributed by atoms with E-state index in [9.17, 15) is 0 Å². The lowest BCUT2D eigenvalue weighted by Crippen LogP contribution is -1.95. The number of nitrogens with one attached hydrogen (secondary N) is 1. The van der Waals surface area contributed by atoms with Crippen molar-refractivity contribution in [3.8, 4) is 17.0 Å². The van der Waals surface area contributed by atoms with Crippen LogP contribution < -0.4 is 10.1 Å². The fraction of sp³-hybridized carbons (Fsp3) is 0.167. The fourth-order valence-corrected chi connectivity index (χ4v) is 1.88. The fourth-order valence-electron chi connectivity index (χ4n) is 1.52. The third-order valence-corrected chi connectivity index (χ3v) is 2.85. The highest BCUT2D eigenvalue weighted by Crippen LogP contribution is 2.31. The van der Waals surface area contributed by atoms with Gasteiger partial charge in [0.15, 0.2) is 0 Å². The Morgan fingerprint density at radius 3 is 2.76 bits per heavy atom. The molecular formula is C12H12BrN3O. The molecule has 4 nitrogen and oxygen atoms in total. The molecule has 0 saturated heterocycles. The number of halogens is 1. The zero-order valence-corrected chi connectivity index (χ0v) is 11.2. The SMILES string of the molecule is CNc1cc(-c2cc(Br)ccc2OC)ncn1. The Hall–Kier alpha value is -1.62. The van der Waals surface area contributed by atoms with Crippen molar-refractivity contribution in [3.05, 3.63) is 35.1 Å². The maximum atomic E-state index is 5.33. The molecule has 0 radical (unpaired) electrons. The van der Waals surface area contributed by atoms with Gasteiger partial charge in [-0.25, -0.2) is 9.97 Å².